The first-order valence-electron chi connectivity index (χ1n) is 7.78. The molecular weight excluding hydrogens is 220 g/mol. The Bertz CT molecular complexity index is 241. The van der Waals surface area contributed by atoms with E-state index in [4.69, 9.17) is 0 Å². The van der Waals surface area contributed by atoms with Gasteiger partial charge in [0.1, 0.15) is 0 Å². The lowest BCUT2D eigenvalue weighted by molar-refractivity contribution is 0.173. The molecule has 1 aliphatic heterocycles. The van der Waals surface area contributed by atoms with Gasteiger partial charge in [0.15, 0.2) is 0 Å². The van der Waals surface area contributed by atoms with Crippen molar-refractivity contribution in [1.29, 1.82) is 0 Å². The van der Waals surface area contributed by atoms with E-state index in [0.29, 0.717) is 16.9 Å². The van der Waals surface area contributed by atoms with Crippen molar-refractivity contribution in [2.45, 2.75) is 66.8 Å². The predicted molar refractivity (Wildman–Crippen MR) is 81.0 cm³/mol. The molecule has 0 amide bonds. The first-order chi connectivity index (χ1) is 8.32. The lowest BCUT2D eigenvalue weighted by atomic mass is 9.82. The third-order valence-electron chi connectivity index (χ3n) is 4.66. The zero-order chi connectivity index (χ0) is 13.8. The standard InChI is InChI=1S/C16H34N2/c1-7-16(8-2)9-10-18(13-16)12-15(5,6)11-17-14(3)4/h14,17H,7-13H2,1-6H3. The molecule has 0 aliphatic carbocycles. The maximum atomic E-state index is 3.58. The molecule has 0 spiro atoms. The minimum absolute atomic E-state index is 0.377. The summed E-state index contributed by atoms with van der Waals surface area (Å²) in [6.07, 6.45) is 4.07. The molecule has 1 fully saturated rings. The van der Waals surface area contributed by atoms with Crippen molar-refractivity contribution in [2.24, 2.45) is 10.8 Å². The summed E-state index contributed by atoms with van der Waals surface area (Å²) in [5.74, 6) is 0. The second-order valence-corrected chi connectivity index (χ2v) is 7.37. The summed E-state index contributed by atoms with van der Waals surface area (Å²) < 4.78 is 0. The van der Waals surface area contributed by atoms with Gasteiger partial charge in [-0.05, 0) is 36.6 Å². The average molecular weight is 254 g/mol. The first-order valence-corrected chi connectivity index (χ1v) is 7.78. The van der Waals surface area contributed by atoms with Crippen molar-refractivity contribution in [3.63, 3.8) is 0 Å². The van der Waals surface area contributed by atoms with Crippen LogP contribution in [0.1, 0.15) is 60.8 Å². The smallest absolute Gasteiger partial charge is 0.00451 e. The van der Waals surface area contributed by atoms with Gasteiger partial charge in [-0.25, -0.2) is 0 Å². The van der Waals surface area contributed by atoms with E-state index in [1.54, 1.807) is 0 Å². The molecule has 1 N–H and O–H groups in total. The molecule has 0 aromatic heterocycles. The van der Waals surface area contributed by atoms with E-state index in [2.05, 4.69) is 51.8 Å². The van der Waals surface area contributed by atoms with Crippen LogP contribution in [-0.4, -0.2) is 37.1 Å². The maximum absolute atomic E-state index is 3.58. The van der Waals surface area contributed by atoms with Crippen LogP contribution in [0.4, 0.5) is 0 Å². The molecule has 1 heterocycles. The molecule has 18 heavy (non-hydrogen) atoms. The Morgan fingerprint density at radius 1 is 1.22 bits per heavy atom. The van der Waals surface area contributed by atoms with Gasteiger partial charge >= 0.3 is 0 Å². The Labute approximate surface area is 115 Å². The average Bonchev–Trinajstić information content (AvgIpc) is 2.70. The normalized spacial score (nSPS) is 20.8. The molecule has 0 bridgehead atoms. The fourth-order valence-electron chi connectivity index (χ4n) is 3.13. The zero-order valence-electron chi connectivity index (χ0n) is 13.5. The van der Waals surface area contributed by atoms with Crippen LogP contribution in [0.15, 0.2) is 0 Å². The Balaban J connectivity index is 2.44. The van der Waals surface area contributed by atoms with E-state index in [0.717, 1.165) is 6.54 Å². The second kappa shape index (κ2) is 6.38. The van der Waals surface area contributed by atoms with E-state index in [9.17, 15) is 0 Å². The molecule has 1 saturated heterocycles. The third kappa shape index (κ3) is 4.55. The summed E-state index contributed by atoms with van der Waals surface area (Å²) in [4.78, 5) is 2.69. The summed E-state index contributed by atoms with van der Waals surface area (Å²) in [7, 11) is 0. The van der Waals surface area contributed by atoms with Crippen LogP contribution >= 0.6 is 0 Å². The quantitative estimate of drug-likeness (QED) is 0.748. The van der Waals surface area contributed by atoms with Crippen molar-refractivity contribution in [3.8, 4) is 0 Å². The van der Waals surface area contributed by atoms with E-state index in [-0.39, 0.29) is 0 Å². The molecule has 1 aliphatic rings. The molecule has 0 radical (unpaired) electrons. The third-order valence-corrected chi connectivity index (χ3v) is 4.66. The number of nitrogens with one attached hydrogen (secondary N) is 1. The van der Waals surface area contributed by atoms with Gasteiger partial charge in [0.05, 0.1) is 0 Å². The summed E-state index contributed by atoms with van der Waals surface area (Å²) in [6.45, 7) is 18.9. The zero-order valence-corrected chi connectivity index (χ0v) is 13.5. The number of hydrogen-bond donors (Lipinski definition) is 1. The number of rotatable bonds is 7. The summed E-state index contributed by atoms with van der Waals surface area (Å²) in [5.41, 5.74) is 0.989. The van der Waals surface area contributed by atoms with Crippen molar-refractivity contribution in [3.05, 3.63) is 0 Å². The molecule has 0 saturated carbocycles. The van der Waals surface area contributed by atoms with Gasteiger partial charge in [-0.1, -0.05) is 41.5 Å². The van der Waals surface area contributed by atoms with Crippen LogP contribution in [0.25, 0.3) is 0 Å². The van der Waals surface area contributed by atoms with Gasteiger partial charge in [0, 0.05) is 25.7 Å². The van der Waals surface area contributed by atoms with Crippen LogP contribution in [0.2, 0.25) is 0 Å². The largest absolute Gasteiger partial charge is 0.314 e. The minimum Gasteiger partial charge on any atom is -0.314 e. The van der Waals surface area contributed by atoms with Crippen LogP contribution in [0, 0.1) is 10.8 Å². The summed E-state index contributed by atoms with van der Waals surface area (Å²) in [6, 6.07) is 0.591. The number of likely N-dealkylation sites (tertiary alicyclic amines) is 1. The van der Waals surface area contributed by atoms with Crippen molar-refractivity contribution in [2.75, 3.05) is 26.2 Å². The summed E-state index contributed by atoms with van der Waals surface area (Å²) >= 11 is 0. The second-order valence-electron chi connectivity index (χ2n) is 7.37. The van der Waals surface area contributed by atoms with Gasteiger partial charge in [-0.3, -0.25) is 0 Å². The van der Waals surface area contributed by atoms with Gasteiger partial charge < -0.3 is 10.2 Å². The molecule has 0 aromatic carbocycles. The molecule has 108 valence electrons. The predicted octanol–water partition coefficient (Wildman–Crippen LogP) is 3.52. The monoisotopic (exact) mass is 254 g/mol. The lowest BCUT2D eigenvalue weighted by Gasteiger charge is -2.33. The molecule has 0 unspecified atom stereocenters. The highest BCUT2D eigenvalue weighted by molar-refractivity contribution is 4.90. The van der Waals surface area contributed by atoms with Crippen molar-refractivity contribution < 1.29 is 0 Å². The minimum atomic E-state index is 0.377. The highest BCUT2D eigenvalue weighted by Gasteiger charge is 2.36. The molecule has 2 heteroatoms. The topological polar surface area (TPSA) is 15.3 Å². The Morgan fingerprint density at radius 3 is 2.28 bits per heavy atom. The lowest BCUT2D eigenvalue weighted by Crippen LogP contribution is -2.42. The van der Waals surface area contributed by atoms with Crippen LogP contribution in [0.3, 0.4) is 0 Å². The van der Waals surface area contributed by atoms with Crippen molar-refractivity contribution in [1.82, 2.24) is 10.2 Å². The fraction of sp³-hybridized carbons (Fsp3) is 1.00. The molecule has 2 nitrogen and oxygen atoms in total. The Morgan fingerprint density at radius 2 is 1.83 bits per heavy atom. The maximum Gasteiger partial charge on any atom is 0.00451 e. The van der Waals surface area contributed by atoms with Gasteiger partial charge in [-0.15, -0.1) is 0 Å². The van der Waals surface area contributed by atoms with E-state index in [1.165, 1.54) is 38.9 Å². The number of hydrogen-bond acceptors (Lipinski definition) is 2. The van der Waals surface area contributed by atoms with Gasteiger partial charge in [-0.2, -0.15) is 0 Å². The highest BCUT2D eigenvalue weighted by Crippen LogP contribution is 2.37. The van der Waals surface area contributed by atoms with Crippen LogP contribution < -0.4 is 5.32 Å². The Hall–Kier alpha value is -0.0800. The van der Waals surface area contributed by atoms with Crippen LogP contribution in [-0.2, 0) is 0 Å². The van der Waals surface area contributed by atoms with Crippen molar-refractivity contribution >= 4 is 0 Å². The SMILES string of the molecule is CCC1(CC)CCN(CC(C)(C)CNC(C)C)C1. The van der Waals surface area contributed by atoms with Crippen LogP contribution in [0.5, 0.6) is 0 Å². The fourth-order valence-corrected chi connectivity index (χ4v) is 3.13. The Kier molecular flexibility index (Phi) is 5.67. The molecule has 0 aromatic rings. The first kappa shape index (κ1) is 16.0. The molecule has 0 atom stereocenters. The number of nitrogens with zero attached hydrogens (tertiary/aromatic N) is 1. The van der Waals surface area contributed by atoms with Gasteiger partial charge in [0.2, 0.25) is 0 Å². The van der Waals surface area contributed by atoms with E-state index >= 15 is 0 Å². The highest BCUT2D eigenvalue weighted by atomic mass is 15.2. The molecule has 1 rings (SSSR count). The molecular formula is C16H34N2. The van der Waals surface area contributed by atoms with E-state index in [1.807, 2.05) is 0 Å². The van der Waals surface area contributed by atoms with E-state index < -0.39 is 0 Å². The summed E-state index contributed by atoms with van der Waals surface area (Å²) in [5, 5.41) is 3.58. The van der Waals surface area contributed by atoms with Gasteiger partial charge in [0.25, 0.3) is 0 Å².